The minimum absolute atomic E-state index is 0. The standard InChI is InChI=1S/C27H49N11O13.2H2/c1-32-15(5-3-9-38(51)25(48)19(12-41)36-21(44)14(28)4-2-8-37(13-42)27(30)31)22(45)34-18(11-40)24(47)35-17(10-39)23(46)33-16(26(49)50)6-7-20(29)43;;/h13-19,32,39-41,51H,2-12,28H2,1H3,(H2,29,43)(H3,30,31)(H,33,46)(H,34,45)(H,35,47)(H,36,44)(H,49,50);2*1H/i;2*1+1. The highest BCUT2D eigenvalue weighted by atomic mass is 16.5. The molecule has 0 aromatic heterocycles. The zero-order valence-electron chi connectivity index (χ0n) is 27.9. The number of rotatable bonds is 26. The van der Waals surface area contributed by atoms with Gasteiger partial charge in [-0.1, -0.05) is 0 Å². The van der Waals surface area contributed by atoms with E-state index < -0.39 is 103 Å². The Morgan fingerprint density at radius 1 is 0.745 bits per heavy atom. The third kappa shape index (κ3) is 17.0. The molecule has 0 rings (SSSR count). The number of likely N-dealkylation sites (N-methyl/N-ethyl adjacent to an activating group) is 1. The maximum absolute atomic E-state index is 12.8. The number of carbonyl (C=O) groups excluding carboxylic acids is 7. The molecule has 6 unspecified atom stereocenters. The number of guanidine groups is 1. The highest BCUT2D eigenvalue weighted by Crippen LogP contribution is 2.04. The van der Waals surface area contributed by atoms with Gasteiger partial charge in [-0.05, 0) is 39.2 Å². The van der Waals surface area contributed by atoms with E-state index in [1.54, 1.807) is 0 Å². The Bertz CT molecular complexity index is 1240. The first-order chi connectivity index (χ1) is 24.0. The van der Waals surface area contributed by atoms with Crippen molar-refractivity contribution in [2.24, 2.45) is 17.2 Å². The van der Waals surface area contributed by atoms with Crippen molar-refractivity contribution in [1.82, 2.24) is 36.5 Å². The fourth-order valence-corrected chi connectivity index (χ4v) is 4.20. The third-order valence-electron chi connectivity index (χ3n) is 7.19. The summed E-state index contributed by atoms with van der Waals surface area (Å²) in [6.07, 6.45) is -0.313. The monoisotopic (exact) mass is 741 g/mol. The molecule has 0 radical (unpaired) electrons. The molecule has 0 fully saturated rings. The summed E-state index contributed by atoms with van der Waals surface area (Å²) >= 11 is 0. The van der Waals surface area contributed by atoms with Gasteiger partial charge < -0.3 is 64.2 Å². The number of hydroxylamine groups is 2. The second kappa shape index (κ2) is 24.2. The average molecular weight is 742 g/mol. The maximum Gasteiger partial charge on any atom is 0.326 e. The summed E-state index contributed by atoms with van der Waals surface area (Å²) in [5.41, 5.74) is 16.0. The third-order valence-corrected chi connectivity index (χ3v) is 7.19. The largest absolute Gasteiger partial charge is 0.480 e. The first-order valence-electron chi connectivity index (χ1n) is 15.5. The molecule has 0 saturated carbocycles. The van der Waals surface area contributed by atoms with Crippen LogP contribution in [0.3, 0.4) is 0 Å². The van der Waals surface area contributed by atoms with Crippen LogP contribution in [-0.2, 0) is 38.4 Å². The smallest absolute Gasteiger partial charge is 0.326 e. The Morgan fingerprint density at radius 2 is 1.22 bits per heavy atom. The SMILES string of the molecule is CNC(CCCN(O)C(=O)C(CO)NC(=O)C(N)CCCN(C=O)C(=N)N)C(=O)NC(CO)C(=O)NC(CO)C(=O)NC(CCC(N)=O)C(=O)O.[2HH].[2HH]. The van der Waals surface area contributed by atoms with Crippen LogP contribution in [-0.4, -0.2) is 166 Å². The van der Waals surface area contributed by atoms with E-state index >= 15 is 0 Å². The molecule has 0 bridgehead atoms. The average Bonchev–Trinajstić information content (AvgIpc) is 3.08. The van der Waals surface area contributed by atoms with Crippen LogP contribution < -0.4 is 43.8 Å². The van der Waals surface area contributed by atoms with Gasteiger partial charge in [0.1, 0.15) is 24.2 Å². The number of carboxylic acids is 1. The lowest BCUT2D eigenvalue weighted by molar-refractivity contribution is -0.169. The van der Waals surface area contributed by atoms with E-state index in [1.807, 2.05) is 5.32 Å². The number of nitrogens with two attached hydrogens (primary N) is 3. The second-order valence-corrected chi connectivity index (χ2v) is 11.0. The van der Waals surface area contributed by atoms with Crippen LogP contribution in [0.4, 0.5) is 0 Å². The van der Waals surface area contributed by atoms with Gasteiger partial charge in [-0.25, -0.2) is 9.86 Å². The van der Waals surface area contributed by atoms with Gasteiger partial charge in [0.25, 0.3) is 5.91 Å². The zero-order chi connectivity index (χ0) is 39.3. The number of hydrogen-bond acceptors (Lipinski definition) is 15. The Labute approximate surface area is 294 Å². The minimum atomic E-state index is -1.71. The molecule has 17 N–H and O–H groups in total. The summed E-state index contributed by atoms with van der Waals surface area (Å²) in [4.78, 5) is 97.1. The lowest BCUT2D eigenvalue weighted by atomic mass is 10.1. The first kappa shape index (κ1) is 46.0. The molecule has 0 aliphatic carbocycles. The number of nitrogens with one attached hydrogen (secondary N) is 6. The molecule has 0 aromatic rings. The van der Waals surface area contributed by atoms with Crippen LogP contribution >= 0.6 is 0 Å². The first-order valence-corrected chi connectivity index (χ1v) is 15.5. The molecule has 0 heterocycles. The van der Waals surface area contributed by atoms with Gasteiger partial charge >= 0.3 is 5.97 Å². The van der Waals surface area contributed by atoms with Gasteiger partial charge in [-0.2, -0.15) is 0 Å². The van der Waals surface area contributed by atoms with E-state index in [2.05, 4.69) is 21.3 Å². The van der Waals surface area contributed by atoms with Gasteiger partial charge in [0.15, 0.2) is 5.96 Å². The van der Waals surface area contributed by atoms with Gasteiger partial charge in [0.05, 0.1) is 31.9 Å². The predicted molar refractivity (Wildman–Crippen MR) is 177 cm³/mol. The number of aliphatic hydroxyl groups is 3. The molecule has 51 heavy (non-hydrogen) atoms. The molecule has 6 atom stereocenters. The van der Waals surface area contributed by atoms with Crippen LogP contribution in [0.5, 0.6) is 0 Å². The van der Waals surface area contributed by atoms with Crippen molar-refractivity contribution in [3.05, 3.63) is 0 Å². The molecular weight excluding hydrogens is 686 g/mol. The number of amides is 7. The van der Waals surface area contributed by atoms with E-state index in [9.17, 15) is 64.0 Å². The van der Waals surface area contributed by atoms with Crippen molar-refractivity contribution < 1.29 is 66.8 Å². The van der Waals surface area contributed by atoms with Crippen molar-refractivity contribution in [2.75, 3.05) is 40.0 Å². The van der Waals surface area contributed by atoms with E-state index in [-0.39, 0.29) is 59.5 Å². The molecule has 7 amide bonds. The van der Waals surface area contributed by atoms with Crippen molar-refractivity contribution in [2.45, 2.75) is 74.8 Å². The molecule has 0 aliphatic rings. The maximum atomic E-state index is 12.8. The predicted octanol–water partition coefficient (Wildman–Crippen LogP) is -7.21. The lowest BCUT2D eigenvalue weighted by Crippen LogP contribution is -2.59. The minimum Gasteiger partial charge on any atom is -0.480 e. The van der Waals surface area contributed by atoms with Gasteiger partial charge in [-0.15, -0.1) is 0 Å². The number of primary amides is 1. The fraction of sp³-hybridized carbons (Fsp3) is 0.667. The summed E-state index contributed by atoms with van der Waals surface area (Å²) in [5, 5.41) is 67.0. The summed E-state index contributed by atoms with van der Waals surface area (Å²) < 4.78 is 0. The lowest BCUT2D eigenvalue weighted by Gasteiger charge is -2.25. The number of aliphatic carboxylic acids is 1. The van der Waals surface area contributed by atoms with Gasteiger partial charge in [0, 0.05) is 22.4 Å². The van der Waals surface area contributed by atoms with Crippen LogP contribution in [0.15, 0.2) is 0 Å². The van der Waals surface area contributed by atoms with Gasteiger partial charge in [0.2, 0.25) is 35.9 Å². The molecule has 0 aliphatic heterocycles. The Hall–Kier alpha value is -5.01. The van der Waals surface area contributed by atoms with E-state index in [0.717, 1.165) is 4.90 Å². The Kier molecular flexibility index (Phi) is 21.8. The van der Waals surface area contributed by atoms with Crippen LogP contribution in [0.1, 0.15) is 41.4 Å². The molecule has 0 saturated heterocycles. The van der Waals surface area contributed by atoms with E-state index in [0.29, 0.717) is 6.41 Å². The number of carbonyl (C=O) groups is 8. The van der Waals surface area contributed by atoms with Crippen LogP contribution in [0.25, 0.3) is 0 Å². The molecule has 0 aromatic carbocycles. The summed E-state index contributed by atoms with van der Waals surface area (Å²) in [6, 6.07) is -8.74. The highest BCUT2D eigenvalue weighted by Gasteiger charge is 2.31. The zero-order valence-corrected chi connectivity index (χ0v) is 27.9. The Balaban J connectivity index is -0.0000125. The summed E-state index contributed by atoms with van der Waals surface area (Å²) in [7, 11) is 1.38. The van der Waals surface area contributed by atoms with Crippen molar-refractivity contribution in [3.63, 3.8) is 0 Å². The number of nitrogens with zero attached hydrogens (tertiary/aromatic N) is 2. The quantitative estimate of drug-likeness (QED) is 0.0129. The van der Waals surface area contributed by atoms with Crippen molar-refractivity contribution >= 4 is 53.8 Å². The van der Waals surface area contributed by atoms with E-state index in [1.165, 1.54) is 7.05 Å². The highest BCUT2D eigenvalue weighted by molar-refractivity contribution is 5.94. The molecule has 24 heteroatoms. The number of carboxylic acid groups (broad SMARTS) is 1. The van der Waals surface area contributed by atoms with Crippen LogP contribution in [0, 0.1) is 5.41 Å². The number of aliphatic hydroxyl groups excluding tert-OH is 3. The van der Waals surface area contributed by atoms with Crippen LogP contribution in [0.2, 0.25) is 0 Å². The van der Waals surface area contributed by atoms with Crippen molar-refractivity contribution in [1.29, 1.82) is 5.41 Å². The number of hydrogen-bond donors (Lipinski definition) is 14. The van der Waals surface area contributed by atoms with Crippen molar-refractivity contribution in [3.8, 4) is 0 Å². The molecular formula is C27H53N11O13. The summed E-state index contributed by atoms with van der Waals surface area (Å²) in [5.74, 6) is -7.88. The van der Waals surface area contributed by atoms with E-state index in [4.69, 9.17) is 22.6 Å². The summed E-state index contributed by atoms with van der Waals surface area (Å²) in [6.45, 7) is -3.25. The molecule has 294 valence electrons. The fourth-order valence-electron chi connectivity index (χ4n) is 4.20. The topological polar surface area (TPSA) is 406 Å². The molecule has 24 nitrogen and oxygen atoms in total. The second-order valence-electron chi connectivity index (χ2n) is 11.0. The Morgan fingerprint density at radius 3 is 1.65 bits per heavy atom. The van der Waals surface area contributed by atoms with Gasteiger partial charge in [-0.3, -0.25) is 49.1 Å². The normalized spacial score (nSPS) is 14.3. The molecule has 0 spiro atoms.